The van der Waals surface area contributed by atoms with E-state index in [-0.39, 0.29) is 11.3 Å². The number of benzene rings is 1. The Bertz CT molecular complexity index is 1100. The first-order valence-electron chi connectivity index (χ1n) is 8.29. The highest BCUT2D eigenvalue weighted by molar-refractivity contribution is 7.17. The normalized spacial score (nSPS) is 13.4. The molecule has 0 radical (unpaired) electrons. The monoisotopic (exact) mass is 368 g/mol. The first kappa shape index (κ1) is 16.5. The molecule has 0 fully saturated rings. The Morgan fingerprint density at radius 1 is 1.15 bits per heavy atom. The zero-order valence-corrected chi connectivity index (χ0v) is 14.6. The Morgan fingerprint density at radius 2 is 1.88 bits per heavy atom. The minimum absolute atomic E-state index is 0.0991. The van der Waals surface area contributed by atoms with E-state index in [2.05, 4.69) is 15.5 Å². The summed E-state index contributed by atoms with van der Waals surface area (Å²) in [5.41, 5.74) is 6.64. The van der Waals surface area contributed by atoms with E-state index in [0.717, 1.165) is 36.1 Å². The van der Waals surface area contributed by atoms with E-state index in [9.17, 15) is 14.4 Å². The summed E-state index contributed by atoms with van der Waals surface area (Å²) in [4.78, 5) is 37.7. The number of aryl methyl sites for hydroxylation is 1. The summed E-state index contributed by atoms with van der Waals surface area (Å²) < 4.78 is 0. The molecule has 132 valence electrons. The van der Waals surface area contributed by atoms with Crippen LogP contribution in [0.15, 0.2) is 29.1 Å². The molecule has 4 rings (SSSR count). The third-order valence-electron chi connectivity index (χ3n) is 4.56. The number of thiophene rings is 1. The standard InChI is InChI=1S/C18H16N4O3S/c19-15(23)13-11-7-3-4-8-12(11)26-18(13)20-17(25)14-9-5-1-2-6-10(9)16(24)22-21-14/h1-2,5-6H,3-4,7-8H2,(H2,19,23)(H,20,25)(H,22,24). The van der Waals surface area contributed by atoms with Crippen LogP contribution >= 0.6 is 11.3 Å². The second-order valence-corrected chi connectivity index (χ2v) is 7.29. The number of nitrogens with two attached hydrogens (primary N) is 1. The number of primary amides is 1. The number of carbonyl (C=O) groups is 2. The Kier molecular flexibility index (Phi) is 4.04. The molecule has 0 saturated carbocycles. The number of rotatable bonds is 3. The van der Waals surface area contributed by atoms with Gasteiger partial charge < -0.3 is 11.1 Å². The molecule has 0 unspecified atom stereocenters. The van der Waals surface area contributed by atoms with Gasteiger partial charge in [0.25, 0.3) is 17.4 Å². The molecule has 1 aromatic carbocycles. The minimum Gasteiger partial charge on any atom is -0.365 e. The van der Waals surface area contributed by atoms with Crippen LogP contribution in [-0.2, 0) is 12.8 Å². The molecule has 26 heavy (non-hydrogen) atoms. The van der Waals surface area contributed by atoms with Gasteiger partial charge in [-0.25, -0.2) is 5.10 Å². The molecule has 4 N–H and O–H groups in total. The topological polar surface area (TPSA) is 118 Å². The molecule has 0 saturated heterocycles. The van der Waals surface area contributed by atoms with Crippen molar-refractivity contribution in [1.29, 1.82) is 0 Å². The van der Waals surface area contributed by atoms with Crippen molar-refractivity contribution >= 4 is 38.9 Å². The Labute approximate surface area is 152 Å². The lowest BCUT2D eigenvalue weighted by Crippen LogP contribution is -2.21. The largest absolute Gasteiger partial charge is 0.365 e. The molecule has 0 atom stereocenters. The van der Waals surface area contributed by atoms with Crippen molar-refractivity contribution in [3.8, 4) is 0 Å². The zero-order chi connectivity index (χ0) is 18.3. The van der Waals surface area contributed by atoms with Crippen LogP contribution in [0.5, 0.6) is 0 Å². The van der Waals surface area contributed by atoms with Gasteiger partial charge in [-0.15, -0.1) is 11.3 Å². The summed E-state index contributed by atoms with van der Waals surface area (Å²) in [5, 5.41) is 10.3. The third-order valence-corrected chi connectivity index (χ3v) is 5.76. The van der Waals surface area contributed by atoms with Crippen LogP contribution in [0, 0.1) is 0 Å². The highest BCUT2D eigenvalue weighted by Crippen LogP contribution is 2.38. The lowest BCUT2D eigenvalue weighted by Gasteiger charge is -2.11. The fourth-order valence-electron chi connectivity index (χ4n) is 3.36. The number of nitrogens with one attached hydrogen (secondary N) is 2. The van der Waals surface area contributed by atoms with Crippen molar-refractivity contribution in [2.45, 2.75) is 25.7 Å². The summed E-state index contributed by atoms with van der Waals surface area (Å²) in [5.74, 6) is -1.03. The van der Waals surface area contributed by atoms with Gasteiger partial charge in [0.2, 0.25) is 0 Å². The smallest absolute Gasteiger partial charge is 0.277 e. The van der Waals surface area contributed by atoms with Crippen molar-refractivity contribution in [3.63, 3.8) is 0 Å². The van der Waals surface area contributed by atoms with Crippen LogP contribution in [-0.4, -0.2) is 22.0 Å². The van der Waals surface area contributed by atoms with Crippen molar-refractivity contribution in [2.24, 2.45) is 5.73 Å². The number of amides is 2. The fourth-order valence-corrected chi connectivity index (χ4v) is 4.65. The van der Waals surface area contributed by atoms with Crippen molar-refractivity contribution in [2.75, 3.05) is 5.32 Å². The maximum absolute atomic E-state index is 12.8. The highest BCUT2D eigenvalue weighted by Gasteiger charge is 2.26. The maximum Gasteiger partial charge on any atom is 0.277 e. The molecule has 1 aliphatic rings. The number of aromatic amines is 1. The number of anilines is 1. The summed E-state index contributed by atoms with van der Waals surface area (Å²) >= 11 is 1.39. The van der Waals surface area contributed by atoms with E-state index in [0.29, 0.717) is 21.3 Å². The summed E-state index contributed by atoms with van der Waals surface area (Å²) in [6.07, 6.45) is 3.74. The van der Waals surface area contributed by atoms with E-state index in [1.165, 1.54) is 11.3 Å². The van der Waals surface area contributed by atoms with E-state index < -0.39 is 11.8 Å². The fraction of sp³-hybridized carbons (Fsp3) is 0.222. The van der Waals surface area contributed by atoms with E-state index in [1.807, 2.05) is 0 Å². The minimum atomic E-state index is -0.543. The zero-order valence-electron chi connectivity index (χ0n) is 13.8. The van der Waals surface area contributed by atoms with Crippen molar-refractivity contribution in [1.82, 2.24) is 10.2 Å². The Hall–Kier alpha value is -3.00. The van der Waals surface area contributed by atoms with Crippen LogP contribution in [0.2, 0.25) is 0 Å². The molecule has 2 amide bonds. The second kappa shape index (κ2) is 6.38. The predicted molar refractivity (Wildman–Crippen MR) is 99.8 cm³/mol. The molecule has 0 spiro atoms. The number of hydrogen-bond donors (Lipinski definition) is 3. The van der Waals surface area contributed by atoms with Crippen LogP contribution in [0.1, 0.15) is 44.1 Å². The Balaban J connectivity index is 1.76. The quantitative estimate of drug-likeness (QED) is 0.657. The van der Waals surface area contributed by atoms with Crippen molar-refractivity contribution in [3.05, 3.63) is 56.3 Å². The lowest BCUT2D eigenvalue weighted by atomic mass is 9.95. The van der Waals surface area contributed by atoms with Crippen LogP contribution < -0.4 is 16.6 Å². The Morgan fingerprint density at radius 3 is 2.65 bits per heavy atom. The van der Waals surface area contributed by atoms with Gasteiger partial charge in [-0.2, -0.15) is 5.10 Å². The highest BCUT2D eigenvalue weighted by atomic mass is 32.1. The van der Waals surface area contributed by atoms with E-state index in [1.54, 1.807) is 24.3 Å². The number of fused-ring (bicyclic) bond motifs is 2. The third kappa shape index (κ3) is 2.68. The van der Waals surface area contributed by atoms with Crippen LogP contribution in [0.25, 0.3) is 10.8 Å². The number of carbonyl (C=O) groups excluding carboxylic acids is 2. The van der Waals surface area contributed by atoms with Gasteiger partial charge in [-0.3, -0.25) is 14.4 Å². The average molecular weight is 368 g/mol. The SMILES string of the molecule is NC(=O)c1c(NC(=O)c2n[nH]c(=O)c3ccccc23)sc2c1CCCC2. The summed E-state index contributed by atoms with van der Waals surface area (Å²) in [7, 11) is 0. The molecule has 8 heteroatoms. The first-order valence-corrected chi connectivity index (χ1v) is 9.11. The van der Waals surface area contributed by atoms with Gasteiger partial charge in [0.05, 0.1) is 10.9 Å². The molecule has 1 aliphatic carbocycles. The van der Waals surface area contributed by atoms with Crippen LogP contribution in [0.3, 0.4) is 0 Å². The molecule has 2 aromatic heterocycles. The number of nitrogens with zero attached hydrogens (tertiary/aromatic N) is 1. The van der Waals surface area contributed by atoms with Gasteiger partial charge in [0, 0.05) is 10.3 Å². The molecule has 3 aromatic rings. The molecule has 0 bridgehead atoms. The van der Waals surface area contributed by atoms with Crippen molar-refractivity contribution < 1.29 is 9.59 Å². The summed E-state index contributed by atoms with van der Waals surface area (Å²) in [6, 6.07) is 6.75. The molecule has 7 nitrogen and oxygen atoms in total. The predicted octanol–water partition coefficient (Wildman–Crippen LogP) is 2.21. The van der Waals surface area contributed by atoms with Crippen LogP contribution in [0.4, 0.5) is 5.00 Å². The number of hydrogen-bond acceptors (Lipinski definition) is 5. The second-order valence-electron chi connectivity index (χ2n) is 6.18. The van der Waals surface area contributed by atoms with E-state index in [4.69, 9.17) is 5.73 Å². The number of aromatic nitrogens is 2. The summed E-state index contributed by atoms with van der Waals surface area (Å²) in [6.45, 7) is 0. The molecule has 0 aliphatic heterocycles. The molecular weight excluding hydrogens is 352 g/mol. The van der Waals surface area contributed by atoms with Gasteiger partial charge >= 0.3 is 0 Å². The van der Waals surface area contributed by atoms with Gasteiger partial charge in [0.15, 0.2) is 5.69 Å². The maximum atomic E-state index is 12.8. The molecular formula is C18H16N4O3S. The number of H-pyrrole nitrogens is 1. The molecule has 2 heterocycles. The average Bonchev–Trinajstić information content (AvgIpc) is 3.00. The van der Waals surface area contributed by atoms with E-state index >= 15 is 0 Å². The van der Waals surface area contributed by atoms with Gasteiger partial charge in [0.1, 0.15) is 5.00 Å². The first-order chi connectivity index (χ1) is 12.6. The van der Waals surface area contributed by atoms with Gasteiger partial charge in [-0.05, 0) is 37.3 Å². The van der Waals surface area contributed by atoms with Gasteiger partial charge in [-0.1, -0.05) is 18.2 Å². The lowest BCUT2D eigenvalue weighted by molar-refractivity contribution is 0.100.